The first-order valence-corrected chi connectivity index (χ1v) is 9.34. The molecule has 2 atom stereocenters. The van der Waals surface area contributed by atoms with E-state index in [0.717, 1.165) is 11.4 Å². The number of nitrogens with zero attached hydrogens (tertiary/aromatic N) is 4. The molecule has 3 heterocycles. The summed E-state index contributed by atoms with van der Waals surface area (Å²) < 4.78 is 37.2. The van der Waals surface area contributed by atoms with Crippen LogP contribution in [0.2, 0.25) is 0 Å². The molecule has 0 radical (unpaired) electrons. The highest BCUT2D eigenvalue weighted by Crippen LogP contribution is 2.31. The SMILES string of the molecule is CN(C)S(=O)(=O)C[C@@H]1COC[C@H]1n1ccnc1-c1cnsc1. The number of hydrogen-bond donors (Lipinski definition) is 0. The Morgan fingerprint density at radius 3 is 2.95 bits per heavy atom. The second-order valence-corrected chi connectivity index (χ2v) is 8.38. The number of hydrogen-bond acceptors (Lipinski definition) is 6. The van der Waals surface area contributed by atoms with Crippen molar-refractivity contribution in [1.82, 2.24) is 18.2 Å². The molecule has 22 heavy (non-hydrogen) atoms. The van der Waals surface area contributed by atoms with E-state index in [9.17, 15) is 8.42 Å². The van der Waals surface area contributed by atoms with E-state index in [1.807, 2.05) is 16.1 Å². The van der Waals surface area contributed by atoms with Crippen LogP contribution in [-0.2, 0) is 14.8 Å². The average Bonchev–Trinajstić information content (AvgIpc) is 3.18. The van der Waals surface area contributed by atoms with Crippen LogP contribution >= 0.6 is 11.5 Å². The molecular formula is C13H18N4O3S2. The maximum atomic E-state index is 12.2. The highest BCUT2D eigenvalue weighted by Gasteiger charge is 2.35. The fourth-order valence-electron chi connectivity index (χ4n) is 2.59. The number of rotatable bonds is 5. The summed E-state index contributed by atoms with van der Waals surface area (Å²) in [5.41, 5.74) is 0.941. The maximum Gasteiger partial charge on any atom is 0.214 e. The standard InChI is InChI=1S/C13H18N4O3S2/c1-16(2)22(18,19)9-11-6-20-7-12(11)17-4-3-14-13(17)10-5-15-21-8-10/h3-5,8,11-12H,6-7,9H2,1-2H3/t11-,12+/m0/s1. The molecule has 1 saturated heterocycles. The number of imidazole rings is 1. The van der Waals surface area contributed by atoms with Crippen LogP contribution in [0.15, 0.2) is 24.0 Å². The Bertz CT molecular complexity index is 724. The van der Waals surface area contributed by atoms with Crippen molar-refractivity contribution in [1.29, 1.82) is 0 Å². The van der Waals surface area contributed by atoms with Crippen LogP contribution in [0.1, 0.15) is 6.04 Å². The molecule has 0 bridgehead atoms. The Labute approximate surface area is 133 Å². The zero-order chi connectivity index (χ0) is 15.7. The Hall–Kier alpha value is -1.29. The van der Waals surface area contributed by atoms with Crippen LogP contribution in [0.3, 0.4) is 0 Å². The first kappa shape index (κ1) is 15.6. The van der Waals surface area contributed by atoms with Gasteiger partial charge >= 0.3 is 0 Å². The summed E-state index contributed by atoms with van der Waals surface area (Å²) in [6.45, 7) is 0.936. The van der Waals surface area contributed by atoms with E-state index in [1.165, 1.54) is 15.8 Å². The van der Waals surface area contributed by atoms with Crippen LogP contribution < -0.4 is 0 Å². The minimum absolute atomic E-state index is 0.0351. The van der Waals surface area contributed by atoms with Crippen LogP contribution in [0, 0.1) is 5.92 Å². The molecule has 0 aromatic carbocycles. The summed E-state index contributed by atoms with van der Waals surface area (Å²) in [4.78, 5) is 4.38. The van der Waals surface area contributed by atoms with Gasteiger partial charge in [-0.15, -0.1) is 0 Å². The molecule has 3 rings (SSSR count). The largest absolute Gasteiger partial charge is 0.379 e. The molecule has 1 aliphatic heterocycles. The molecule has 2 aromatic heterocycles. The van der Waals surface area contributed by atoms with Gasteiger partial charge in [0, 0.05) is 43.4 Å². The molecule has 1 fully saturated rings. The van der Waals surface area contributed by atoms with Crippen LogP contribution in [0.4, 0.5) is 0 Å². The van der Waals surface area contributed by atoms with Crippen molar-refractivity contribution in [2.75, 3.05) is 33.1 Å². The zero-order valence-corrected chi connectivity index (χ0v) is 14.0. The second kappa shape index (κ2) is 6.07. The molecule has 0 unspecified atom stereocenters. The lowest BCUT2D eigenvalue weighted by atomic mass is 10.1. The smallest absolute Gasteiger partial charge is 0.214 e. The molecule has 0 N–H and O–H groups in total. The fourth-order valence-corrected chi connectivity index (χ4v) is 4.27. The van der Waals surface area contributed by atoms with Gasteiger partial charge in [0.15, 0.2) is 0 Å². The van der Waals surface area contributed by atoms with Gasteiger partial charge in [-0.05, 0) is 11.5 Å². The van der Waals surface area contributed by atoms with E-state index < -0.39 is 10.0 Å². The summed E-state index contributed by atoms with van der Waals surface area (Å²) in [6, 6.07) is -0.0351. The number of ether oxygens (including phenoxy) is 1. The van der Waals surface area contributed by atoms with Gasteiger partial charge < -0.3 is 9.30 Å². The summed E-state index contributed by atoms with van der Waals surface area (Å²) in [5.74, 6) is 0.785. The summed E-state index contributed by atoms with van der Waals surface area (Å²) >= 11 is 1.37. The normalized spacial score (nSPS) is 22.5. The fraction of sp³-hybridized carbons (Fsp3) is 0.538. The van der Waals surface area contributed by atoms with Gasteiger partial charge in [0.1, 0.15) is 5.82 Å². The van der Waals surface area contributed by atoms with Crippen LogP contribution in [-0.4, -0.2) is 59.7 Å². The van der Waals surface area contributed by atoms with Gasteiger partial charge in [-0.25, -0.2) is 22.1 Å². The molecule has 1 aliphatic rings. The topological polar surface area (TPSA) is 77.3 Å². The van der Waals surface area contributed by atoms with Crippen molar-refractivity contribution < 1.29 is 13.2 Å². The van der Waals surface area contributed by atoms with E-state index in [2.05, 4.69) is 9.36 Å². The average molecular weight is 342 g/mol. The summed E-state index contributed by atoms with van der Waals surface area (Å²) in [6.07, 6.45) is 5.37. The first-order chi connectivity index (χ1) is 10.5. The molecule has 0 amide bonds. The Morgan fingerprint density at radius 1 is 1.45 bits per heavy atom. The molecular weight excluding hydrogens is 324 g/mol. The third kappa shape index (κ3) is 2.94. The third-order valence-corrected chi connectivity index (χ3v) is 6.41. The van der Waals surface area contributed by atoms with Gasteiger partial charge in [-0.3, -0.25) is 0 Å². The lowest BCUT2D eigenvalue weighted by Gasteiger charge is -2.22. The Morgan fingerprint density at radius 2 is 2.27 bits per heavy atom. The second-order valence-electron chi connectivity index (χ2n) is 5.50. The van der Waals surface area contributed by atoms with Gasteiger partial charge in [-0.1, -0.05) is 0 Å². The van der Waals surface area contributed by atoms with Crippen LogP contribution in [0.5, 0.6) is 0 Å². The maximum absolute atomic E-state index is 12.2. The minimum atomic E-state index is -3.26. The molecule has 2 aromatic rings. The van der Waals surface area contributed by atoms with E-state index >= 15 is 0 Å². The summed E-state index contributed by atoms with van der Waals surface area (Å²) in [5, 5.41) is 1.93. The Balaban J connectivity index is 1.87. The minimum Gasteiger partial charge on any atom is -0.379 e. The zero-order valence-electron chi connectivity index (χ0n) is 12.4. The lowest BCUT2D eigenvalue weighted by molar-refractivity contribution is 0.182. The molecule has 0 saturated carbocycles. The molecule has 0 spiro atoms. The molecule has 120 valence electrons. The van der Waals surface area contributed by atoms with Crippen molar-refractivity contribution in [2.24, 2.45) is 5.92 Å². The van der Waals surface area contributed by atoms with E-state index in [-0.39, 0.29) is 17.7 Å². The van der Waals surface area contributed by atoms with Crippen LogP contribution in [0.25, 0.3) is 11.4 Å². The van der Waals surface area contributed by atoms with Gasteiger partial charge in [0.05, 0.1) is 31.2 Å². The molecule has 0 aliphatic carbocycles. The van der Waals surface area contributed by atoms with E-state index in [0.29, 0.717) is 13.2 Å². The van der Waals surface area contributed by atoms with Crippen molar-refractivity contribution in [3.63, 3.8) is 0 Å². The van der Waals surface area contributed by atoms with Gasteiger partial charge in [0.25, 0.3) is 0 Å². The van der Waals surface area contributed by atoms with E-state index in [1.54, 1.807) is 26.5 Å². The summed E-state index contributed by atoms with van der Waals surface area (Å²) in [7, 11) is -0.152. The quantitative estimate of drug-likeness (QED) is 0.813. The first-order valence-electron chi connectivity index (χ1n) is 6.89. The van der Waals surface area contributed by atoms with Gasteiger partial charge in [0.2, 0.25) is 10.0 Å². The molecule has 7 nitrogen and oxygen atoms in total. The van der Waals surface area contributed by atoms with Crippen molar-refractivity contribution >= 4 is 21.6 Å². The van der Waals surface area contributed by atoms with Crippen molar-refractivity contribution in [2.45, 2.75) is 6.04 Å². The predicted octanol–water partition coefficient (Wildman–Crippen LogP) is 1.09. The highest BCUT2D eigenvalue weighted by molar-refractivity contribution is 7.89. The predicted molar refractivity (Wildman–Crippen MR) is 84.2 cm³/mol. The Kier molecular flexibility index (Phi) is 4.31. The van der Waals surface area contributed by atoms with Crippen molar-refractivity contribution in [3.8, 4) is 11.4 Å². The number of sulfonamides is 1. The lowest BCUT2D eigenvalue weighted by Crippen LogP contribution is -2.32. The van der Waals surface area contributed by atoms with E-state index in [4.69, 9.17) is 4.74 Å². The third-order valence-electron chi connectivity index (χ3n) is 3.86. The monoisotopic (exact) mass is 342 g/mol. The van der Waals surface area contributed by atoms with Gasteiger partial charge in [-0.2, -0.15) is 0 Å². The number of aromatic nitrogens is 3. The highest BCUT2D eigenvalue weighted by atomic mass is 32.2. The van der Waals surface area contributed by atoms with Crippen molar-refractivity contribution in [3.05, 3.63) is 24.0 Å². The molecule has 9 heteroatoms.